The molecule has 0 bridgehead atoms. The number of pyridine rings is 1. The first-order valence-electron chi connectivity index (χ1n) is 13.8. The molecule has 228 valence electrons. The van der Waals surface area contributed by atoms with Gasteiger partial charge in [-0.15, -0.1) is 0 Å². The van der Waals surface area contributed by atoms with Gasteiger partial charge in [0.25, 0.3) is 0 Å². The molecule has 0 aliphatic heterocycles. The van der Waals surface area contributed by atoms with E-state index in [0.29, 0.717) is 58.4 Å². The fourth-order valence-electron chi connectivity index (χ4n) is 3.89. The molecule has 0 atom stereocenters. The van der Waals surface area contributed by atoms with Crippen LogP contribution in [0.15, 0.2) is 85.2 Å². The third kappa shape index (κ3) is 9.58. The summed E-state index contributed by atoms with van der Waals surface area (Å²) in [4.78, 5) is 27.4. The second-order valence-electron chi connectivity index (χ2n) is 9.38. The number of carbonyl (C=O) groups is 2. The van der Waals surface area contributed by atoms with Crippen LogP contribution in [0.2, 0.25) is 0 Å². The molecule has 0 radical (unpaired) electrons. The first-order valence-corrected chi connectivity index (χ1v) is 13.8. The standard InChI is InChI=1S/C32H33N2O6.C2H6.BrH/c1-22-23(2)30(15-14-29(22)39-31(35)24-6-10-27(37-5)11-7-24)40-32(36)25-8-12-28(13-9-25)38-21-20-34-18-16-26(17-19-34)33(3)4;1-2;/h6-19H,20-21H2,1-5H3;1-2H3;1H/q+1;;/p-1. The largest absolute Gasteiger partial charge is 1.00 e. The Kier molecular flexibility index (Phi) is 13.7. The number of carbonyl (C=O) groups excluding carboxylic acids is 2. The molecule has 1 aromatic heterocycles. The molecule has 0 fully saturated rings. The van der Waals surface area contributed by atoms with Gasteiger partial charge in [0.2, 0.25) is 0 Å². The highest BCUT2D eigenvalue weighted by atomic mass is 79.9. The summed E-state index contributed by atoms with van der Waals surface area (Å²) >= 11 is 0. The van der Waals surface area contributed by atoms with Crippen LogP contribution in [0.1, 0.15) is 45.7 Å². The summed E-state index contributed by atoms with van der Waals surface area (Å²) in [6.45, 7) is 8.81. The zero-order chi connectivity index (χ0) is 30.6. The lowest BCUT2D eigenvalue weighted by Gasteiger charge is -2.14. The number of esters is 2. The molecule has 8 nitrogen and oxygen atoms in total. The Bertz CT molecular complexity index is 1470. The van der Waals surface area contributed by atoms with Crippen LogP contribution in [0.4, 0.5) is 5.69 Å². The third-order valence-corrected chi connectivity index (χ3v) is 6.52. The molecular weight excluding hydrogens is 612 g/mol. The first-order chi connectivity index (χ1) is 20.2. The number of nitrogens with zero attached hydrogens (tertiary/aromatic N) is 2. The predicted molar refractivity (Wildman–Crippen MR) is 163 cm³/mol. The Hall–Kier alpha value is -4.37. The van der Waals surface area contributed by atoms with Gasteiger partial charge in [0.05, 0.1) is 18.2 Å². The summed E-state index contributed by atoms with van der Waals surface area (Å²) in [7, 11) is 5.57. The first kappa shape index (κ1) is 34.8. The zero-order valence-corrected chi connectivity index (χ0v) is 27.3. The van der Waals surface area contributed by atoms with Crippen molar-refractivity contribution in [1.82, 2.24) is 0 Å². The predicted octanol–water partition coefficient (Wildman–Crippen LogP) is 3.21. The molecule has 4 rings (SSSR count). The summed E-state index contributed by atoms with van der Waals surface area (Å²) in [6, 6.07) is 20.8. The smallest absolute Gasteiger partial charge is 0.343 e. The summed E-state index contributed by atoms with van der Waals surface area (Å²) < 4.78 is 24.2. The highest BCUT2D eigenvalue weighted by Gasteiger charge is 2.17. The fourth-order valence-corrected chi connectivity index (χ4v) is 3.89. The Morgan fingerprint density at radius 2 is 1.14 bits per heavy atom. The molecule has 0 spiro atoms. The molecule has 0 amide bonds. The minimum absolute atomic E-state index is 0. The molecule has 0 aliphatic carbocycles. The Labute approximate surface area is 264 Å². The van der Waals surface area contributed by atoms with Crippen LogP contribution in [-0.2, 0) is 6.54 Å². The van der Waals surface area contributed by atoms with E-state index in [9.17, 15) is 9.59 Å². The van der Waals surface area contributed by atoms with Crippen LogP contribution in [0.25, 0.3) is 0 Å². The van der Waals surface area contributed by atoms with Crippen molar-refractivity contribution in [1.29, 1.82) is 0 Å². The third-order valence-electron chi connectivity index (χ3n) is 6.52. The van der Waals surface area contributed by atoms with Crippen LogP contribution >= 0.6 is 0 Å². The molecule has 0 unspecified atom stereocenters. The summed E-state index contributed by atoms with van der Waals surface area (Å²) in [5.41, 5.74) is 3.33. The number of benzene rings is 3. The molecule has 4 aromatic rings. The Morgan fingerprint density at radius 3 is 1.56 bits per heavy atom. The maximum Gasteiger partial charge on any atom is 0.343 e. The maximum atomic E-state index is 12.8. The van der Waals surface area contributed by atoms with Gasteiger partial charge in [0.1, 0.15) is 29.6 Å². The quantitative estimate of drug-likeness (QED) is 0.148. The number of anilines is 1. The highest BCUT2D eigenvalue weighted by molar-refractivity contribution is 5.92. The van der Waals surface area contributed by atoms with Crippen molar-refractivity contribution in [2.45, 2.75) is 34.2 Å². The topological polar surface area (TPSA) is 78.2 Å². The monoisotopic (exact) mass is 650 g/mol. The van der Waals surface area contributed by atoms with Crippen molar-refractivity contribution in [3.63, 3.8) is 0 Å². The van der Waals surface area contributed by atoms with E-state index in [1.165, 1.54) is 0 Å². The molecule has 9 heteroatoms. The molecule has 3 aromatic carbocycles. The van der Waals surface area contributed by atoms with Crippen LogP contribution in [0.5, 0.6) is 23.0 Å². The van der Waals surface area contributed by atoms with Gasteiger partial charge in [-0.3, -0.25) is 0 Å². The minimum Gasteiger partial charge on any atom is -1.00 e. The number of ether oxygens (including phenoxy) is 4. The van der Waals surface area contributed by atoms with Crippen molar-refractivity contribution in [3.8, 4) is 23.0 Å². The van der Waals surface area contributed by atoms with Crippen molar-refractivity contribution in [2.24, 2.45) is 0 Å². The lowest BCUT2D eigenvalue weighted by atomic mass is 10.1. The molecule has 0 saturated carbocycles. The van der Waals surface area contributed by atoms with Crippen LogP contribution in [0, 0.1) is 13.8 Å². The average Bonchev–Trinajstić information content (AvgIpc) is 3.02. The summed E-state index contributed by atoms with van der Waals surface area (Å²) in [5.74, 6) is 1.12. The van der Waals surface area contributed by atoms with E-state index in [-0.39, 0.29) is 17.0 Å². The van der Waals surface area contributed by atoms with Gasteiger partial charge in [0.15, 0.2) is 18.9 Å². The molecule has 0 saturated heterocycles. The number of rotatable bonds is 10. The average molecular weight is 652 g/mol. The maximum absolute atomic E-state index is 12.8. The highest BCUT2D eigenvalue weighted by Crippen LogP contribution is 2.30. The second kappa shape index (κ2) is 16.9. The van der Waals surface area contributed by atoms with Crippen LogP contribution in [-0.4, -0.2) is 39.8 Å². The molecule has 0 N–H and O–H groups in total. The number of aromatic nitrogens is 1. The van der Waals surface area contributed by atoms with Gasteiger partial charge in [-0.1, -0.05) is 13.8 Å². The van der Waals surface area contributed by atoms with E-state index in [1.807, 2.05) is 75.8 Å². The number of halogens is 1. The fraction of sp³-hybridized carbons (Fsp3) is 0.265. The normalized spacial score (nSPS) is 9.93. The van der Waals surface area contributed by atoms with Crippen molar-refractivity contribution in [2.75, 3.05) is 32.7 Å². The molecule has 1 heterocycles. The molecule has 0 aliphatic rings. The number of hydrogen-bond acceptors (Lipinski definition) is 7. The number of hydrogen-bond donors (Lipinski definition) is 0. The molecular formula is C34H39BrN2O6. The van der Waals surface area contributed by atoms with E-state index < -0.39 is 11.9 Å². The van der Waals surface area contributed by atoms with Crippen LogP contribution < -0.4 is 45.4 Å². The second-order valence-corrected chi connectivity index (χ2v) is 9.38. The van der Waals surface area contributed by atoms with Crippen LogP contribution in [0.3, 0.4) is 0 Å². The summed E-state index contributed by atoms with van der Waals surface area (Å²) in [6.07, 6.45) is 4.03. The lowest BCUT2D eigenvalue weighted by Crippen LogP contribution is -3.00. The van der Waals surface area contributed by atoms with E-state index in [2.05, 4.69) is 0 Å². The van der Waals surface area contributed by atoms with Crippen molar-refractivity contribution >= 4 is 17.6 Å². The van der Waals surface area contributed by atoms with E-state index in [1.54, 1.807) is 67.8 Å². The van der Waals surface area contributed by atoms with E-state index in [4.69, 9.17) is 18.9 Å². The minimum atomic E-state index is -0.492. The summed E-state index contributed by atoms with van der Waals surface area (Å²) in [5, 5.41) is 0. The van der Waals surface area contributed by atoms with E-state index in [0.717, 1.165) is 5.69 Å². The van der Waals surface area contributed by atoms with Gasteiger partial charge in [-0.25, -0.2) is 14.2 Å². The number of methoxy groups -OCH3 is 1. The van der Waals surface area contributed by atoms with Gasteiger partial charge in [0, 0.05) is 31.9 Å². The van der Waals surface area contributed by atoms with Gasteiger partial charge >= 0.3 is 11.9 Å². The zero-order valence-electron chi connectivity index (χ0n) is 25.7. The Morgan fingerprint density at radius 1 is 0.698 bits per heavy atom. The van der Waals surface area contributed by atoms with Gasteiger partial charge < -0.3 is 40.8 Å². The van der Waals surface area contributed by atoms with Gasteiger partial charge in [-0.05, 0) is 85.6 Å². The molecule has 43 heavy (non-hydrogen) atoms. The van der Waals surface area contributed by atoms with E-state index >= 15 is 0 Å². The van der Waals surface area contributed by atoms with Gasteiger partial charge in [-0.2, -0.15) is 0 Å². The van der Waals surface area contributed by atoms with Crippen molar-refractivity contribution in [3.05, 3.63) is 107 Å². The Balaban J connectivity index is 0.00000211. The van der Waals surface area contributed by atoms with Crippen molar-refractivity contribution < 1.29 is 50.1 Å². The lowest BCUT2D eigenvalue weighted by molar-refractivity contribution is -0.697. The SMILES string of the molecule is CC.COc1ccc(C(=O)Oc2ccc(OC(=O)c3ccc(OCC[n+]4ccc(N(C)C)cc4)cc3)c(C)c2C)cc1.[Br-].